The number of amides is 1. The average molecular weight is 495 g/mol. The molecule has 0 spiro atoms. The summed E-state index contributed by atoms with van der Waals surface area (Å²) in [6, 6.07) is 15.8. The molecule has 0 unspecified atom stereocenters. The van der Waals surface area contributed by atoms with Gasteiger partial charge in [0.05, 0.1) is 11.0 Å². The van der Waals surface area contributed by atoms with Crippen LogP contribution in [-0.4, -0.2) is 28.5 Å². The first-order chi connectivity index (χ1) is 16.5. The Morgan fingerprint density at radius 2 is 2.06 bits per heavy atom. The lowest BCUT2D eigenvalue weighted by atomic mass is 9.91. The van der Waals surface area contributed by atoms with Crippen molar-refractivity contribution >= 4 is 39.9 Å². The quantitative estimate of drug-likeness (QED) is 0.354. The molecule has 5 rings (SSSR count). The number of carbonyl (C=O) groups is 1. The van der Waals surface area contributed by atoms with Crippen molar-refractivity contribution in [3.63, 3.8) is 0 Å². The lowest BCUT2D eigenvalue weighted by Gasteiger charge is -2.22. The Morgan fingerprint density at radius 3 is 2.82 bits per heavy atom. The average Bonchev–Trinajstić information content (AvgIpc) is 3.44. The summed E-state index contributed by atoms with van der Waals surface area (Å²) in [6.07, 6.45) is 4.91. The number of nitrogens with one attached hydrogen (secondary N) is 1. The number of fused-ring (bicyclic) bond motifs is 1. The lowest BCUT2D eigenvalue weighted by molar-refractivity contribution is 0.0998. The van der Waals surface area contributed by atoms with Gasteiger partial charge < -0.3 is 15.8 Å². The van der Waals surface area contributed by atoms with Gasteiger partial charge in [0.2, 0.25) is 0 Å². The molecule has 0 bridgehead atoms. The highest BCUT2D eigenvalue weighted by atomic mass is 35.5. The van der Waals surface area contributed by atoms with E-state index in [4.69, 9.17) is 22.1 Å². The summed E-state index contributed by atoms with van der Waals surface area (Å²) in [5.41, 5.74) is 9.78. The fourth-order valence-electron chi connectivity index (χ4n) is 4.57. The van der Waals surface area contributed by atoms with Gasteiger partial charge in [-0.15, -0.1) is 11.3 Å². The zero-order chi connectivity index (χ0) is 23.7. The molecule has 1 saturated heterocycles. The van der Waals surface area contributed by atoms with Crippen LogP contribution in [-0.2, 0) is 6.42 Å². The third-order valence-electron chi connectivity index (χ3n) is 6.39. The molecule has 2 aromatic carbocycles. The molecule has 1 atom stereocenters. The molecule has 1 aliphatic rings. The van der Waals surface area contributed by atoms with Crippen LogP contribution in [0.25, 0.3) is 16.0 Å². The summed E-state index contributed by atoms with van der Waals surface area (Å²) >= 11 is 7.64. The first-order valence-electron chi connectivity index (χ1n) is 11.5. The largest absolute Gasteiger partial charge is 0.484 e. The van der Waals surface area contributed by atoms with Gasteiger partial charge in [-0.25, -0.2) is 4.98 Å². The molecule has 0 radical (unpaired) electrons. The van der Waals surface area contributed by atoms with Gasteiger partial charge in [0.25, 0.3) is 5.91 Å². The Kier molecular flexibility index (Phi) is 6.59. The molecule has 1 fully saturated rings. The highest BCUT2D eigenvalue weighted by Crippen LogP contribution is 2.37. The highest BCUT2D eigenvalue weighted by Gasteiger charge is 2.21. The number of ether oxygens (including phenoxy) is 1. The van der Waals surface area contributed by atoms with Crippen molar-refractivity contribution in [2.45, 2.75) is 32.3 Å². The number of thiophene rings is 1. The van der Waals surface area contributed by atoms with Crippen LogP contribution in [0.2, 0.25) is 5.02 Å². The van der Waals surface area contributed by atoms with Crippen molar-refractivity contribution in [1.29, 1.82) is 0 Å². The topological polar surface area (TPSA) is 82.2 Å². The summed E-state index contributed by atoms with van der Waals surface area (Å²) in [5, 5.41) is 4.88. The number of imidazole rings is 1. The predicted molar refractivity (Wildman–Crippen MR) is 137 cm³/mol. The van der Waals surface area contributed by atoms with E-state index in [0.717, 1.165) is 41.1 Å². The van der Waals surface area contributed by atoms with E-state index in [1.165, 1.54) is 29.7 Å². The monoisotopic (exact) mass is 494 g/mol. The molecule has 176 valence electrons. The van der Waals surface area contributed by atoms with E-state index in [2.05, 4.69) is 28.5 Å². The number of piperidine rings is 1. The van der Waals surface area contributed by atoms with Crippen molar-refractivity contribution in [1.82, 2.24) is 14.9 Å². The second kappa shape index (κ2) is 9.78. The molecular formula is C26H27ClN4O2S. The minimum Gasteiger partial charge on any atom is -0.484 e. The number of rotatable bonds is 7. The summed E-state index contributed by atoms with van der Waals surface area (Å²) in [7, 11) is 0. The van der Waals surface area contributed by atoms with E-state index in [1.807, 2.05) is 41.8 Å². The normalized spacial score (nSPS) is 15.5. The van der Waals surface area contributed by atoms with E-state index < -0.39 is 5.91 Å². The SMILES string of the molecule is C[C@@H](Oc1cc(-n2cnc3ccc(CC4CCNCC4)cc32)sc1C(N)=O)c1ccccc1Cl. The van der Waals surface area contributed by atoms with Crippen LogP contribution in [0.3, 0.4) is 0 Å². The third-order valence-corrected chi connectivity index (χ3v) is 7.86. The highest BCUT2D eigenvalue weighted by molar-refractivity contribution is 7.16. The number of benzene rings is 2. The first kappa shape index (κ1) is 22.9. The van der Waals surface area contributed by atoms with E-state index in [1.54, 1.807) is 6.33 Å². The van der Waals surface area contributed by atoms with Crippen LogP contribution < -0.4 is 15.8 Å². The molecule has 6 nitrogen and oxygen atoms in total. The van der Waals surface area contributed by atoms with E-state index in [9.17, 15) is 4.79 Å². The van der Waals surface area contributed by atoms with Gasteiger partial charge in [0.1, 0.15) is 28.1 Å². The minimum absolute atomic E-state index is 0.342. The Bertz CT molecular complexity index is 1330. The van der Waals surface area contributed by atoms with Crippen molar-refractivity contribution in [2.75, 3.05) is 13.1 Å². The van der Waals surface area contributed by atoms with Gasteiger partial charge in [-0.05, 0) is 69.0 Å². The van der Waals surface area contributed by atoms with Crippen molar-refractivity contribution in [3.8, 4) is 10.8 Å². The molecule has 4 aromatic rings. The zero-order valence-electron chi connectivity index (χ0n) is 19.0. The molecular weight excluding hydrogens is 468 g/mol. The molecule has 0 saturated carbocycles. The van der Waals surface area contributed by atoms with E-state index in [0.29, 0.717) is 21.6 Å². The van der Waals surface area contributed by atoms with Gasteiger partial charge in [-0.2, -0.15) is 0 Å². The first-order valence-corrected chi connectivity index (χ1v) is 12.7. The van der Waals surface area contributed by atoms with Crippen LogP contribution in [0.4, 0.5) is 0 Å². The number of aromatic nitrogens is 2. The maximum Gasteiger partial charge on any atom is 0.262 e. The summed E-state index contributed by atoms with van der Waals surface area (Å²) in [4.78, 5) is 17.2. The molecule has 2 aromatic heterocycles. The fourth-order valence-corrected chi connectivity index (χ4v) is 5.79. The second-order valence-electron chi connectivity index (χ2n) is 8.76. The Labute approximate surface area is 207 Å². The predicted octanol–water partition coefficient (Wildman–Crippen LogP) is 5.52. The van der Waals surface area contributed by atoms with Crippen LogP contribution in [0.15, 0.2) is 54.9 Å². The molecule has 3 N–H and O–H groups in total. The molecule has 3 heterocycles. The fraction of sp³-hybridized carbons (Fsp3) is 0.308. The zero-order valence-corrected chi connectivity index (χ0v) is 20.5. The van der Waals surface area contributed by atoms with Gasteiger partial charge in [0.15, 0.2) is 0 Å². The lowest BCUT2D eigenvalue weighted by Crippen LogP contribution is -2.28. The maximum absolute atomic E-state index is 12.2. The van der Waals surface area contributed by atoms with E-state index >= 15 is 0 Å². The van der Waals surface area contributed by atoms with Crippen molar-refractivity contribution in [3.05, 3.63) is 75.9 Å². The number of carbonyl (C=O) groups excluding carboxylic acids is 1. The summed E-state index contributed by atoms with van der Waals surface area (Å²) in [6.45, 7) is 4.08. The number of primary amides is 1. The minimum atomic E-state index is -0.520. The van der Waals surface area contributed by atoms with Crippen LogP contribution >= 0.6 is 22.9 Å². The Morgan fingerprint density at radius 1 is 1.26 bits per heavy atom. The maximum atomic E-state index is 12.2. The number of hydrogen-bond acceptors (Lipinski definition) is 5. The standard InChI is InChI=1S/C26H27ClN4O2S/c1-16(19-4-2-3-5-20(19)27)33-23-14-24(34-25(23)26(28)32)31-15-30-21-7-6-18(13-22(21)31)12-17-8-10-29-11-9-17/h2-7,13-17,29H,8-12H2,1H3,(H2,28,32)/t16-/m1/s1. The summed E-state index contributed by atoms with van der Waals surface area (Å²) < 4.78 is 8.18. The molecule has 1 aliphatic heterocycles. The summed E-state index contributed by atoms with van der Waals surface area (Å²) in [5.74, 6) is 0.630. The second-order valence-corrected chi connectivity index (χ2v) is 10.2. The molecule has 1 amide bonds. The number of hydrogen-bond donors (Lipinski definition) is 2. The molecule has 0 aliphatic carbocycles. The Hall–Kier alpha value is -2.87. The van der Waals surface area contributed by atoms with E-state index in [-0.39, 0.29) is 6.10 Å². The smallest absolute Gasteiger partial charge is 0.262 e. The van der Waals surface area contributed by atoms with Crippen LogP contribution in [0, 0.1) is 5.92 Å². The molecule has 34 heavy (non-hydrogen) atoms. The van der Waals surface area contributed by atoms with Gasteiger partial charge in [-0.3, -0.25) is 9.36 Å². The number of nitrogens with two attached hydrogens (primary N) is 1. The van der Waals surface area contributed by atoms with Crippen LogP contribution in [0.5, 0.6) is 5.75 Å². The third kappa shape index (κ3) is 4.69. The molecule has 8 heteroatoms. The van der Waals surface area contributed by atoms with Crippen molar-refractivity contribution in [2.24, 2.45) is 11.7 Å². The van der Waals surface area contributed by atoms with Gasteiger partial charge in [-0.1, -0.05) is 35.9 Å². The van der Waals surface area contributed by atoms with Crippen molar-refractivity contribution < 1.29 is 9.53 Å². The van der Waals surface area contributed by atoms with Crippen LogP contribution in [0.1, 0.15) is 46.7 Å². The number of halogens is 1. The Balaban J connectivity index is 1.46. The number of nitrogens with zero attached hydrogens (tertiary/aromatic N) is 2. The van der Waals surface area contributed by atoms with Gasteiger partial charge in [0, 0.05) is 16.7 Å². The van der Waals surface area contributed by atoms with Gasteiger partial charge >= 0.3 is 0 Å².